The van der Waals surface area contributed by atoms with Crippen LogP contribution in [0, 0.1) is 13.8 Å². The van der Waals surface area contributed by atoms with Gasteiger partial charge in [-0.25, -0.2) is 15.0 Å². The maximum absolute atomic E-state index is 12.9. The first kappa shape index (κ1) is 47.1. The van der Waals surface area contributed by atoms with Crippen molar-refractivity contribution in [2.45, 2.75) is 13.8 Å². The molecule has 5 N–H and O–H groups in total. The number of anilines is 4. The molecule has 0 spiro atoms. The summed E-state index contributed by atoms with van der Waals surface area (Å²) in [7, 11) is 0. The molecule has 0 aliphatic carbocycles. The number of hydrogen-bond donors (Lipinski definition) is 4. The maximum atomic E-state index is 12.9. The Hall–Kier alpha value is -3.60. The van der Waals surface area contributed by atoms with Gasteiger partial charge in [0.25, 0.3) is 5.91 Å². The summed E-state index contributed by atoms with van der Waals surface area (Å²) in [6.45, 7) is 14.6. The number of aryl methyl sites for hydroxylation is 2. The smallest absolute Gasteiger partial charge is 0.267 e. The molecule has 0 saturated carbocycles. The Balaban J connectivity index is 0.974. The zero-order chi connectivity index (χ0) is 41.2. The number of hydrogen-bond acceptors (Lipinski definition) is 17. The van der Waals surface area contributed by atoms with Crippen molar-refractivity contribution in [3.63, 3.8) is 0 Å². The third kappa shape index (κ3) is 18.5. The van der Waals surface area contributed by atoms with E-state index in [1.165, 1.54) is 17.5 Å². The number of para-hydroxylation sites is 1. The molecule has 1 aliphatic rings. The lowest BCUT2D eigenvalue weighted by Gasteiger charge is -2.35. The van der Waals surface area contributed by atoms with Gasteiger partial charge in [-0.3, -0.25) is 14.5 Å². The van der Waals surface area contributed by atoms with Gasteiger partial charge in [0, 0.05) is 45.3 Å². The second-order valence-corrected chi connectivity index (χ2v) is 14.3. The number of benzene rings is 1. The number of nitrogens with two attached hydrogens (primary N) is 1. The lowest BCUT2D eigenvalue weighted by molar-refractivity contribution is -0.122. The summed E-state index contributed by atoms with van der Waals surface area (Å²) >= 11 is 7.49. The molecule has 2 amide bonds. The summed E-state index contributed by atoms with van der Waals surface area (Å²) in [6, 6.07) is 7.32. The lowest BCUT2D eigenvalue weighted by Crippen LogP contribution is -2.50. The van der Waals surface area contributed by atoms with Crippen LogP contribution in [0.25, 0.3) is 0 Å². The van der Waals surface area contributed by atoms with E-state index in [4.69, 9.17) is 50.5 Å². The number of carbonyl (C=O) groups is 2. The van der Waals surface area contributed by atoms with Gasteiger partial charge in [0.05, 0.1) is 116 Å². The molecule has 0 radical (unpaired) electrons. The molecule has 3 aromatic rings. The fourth-order valence-electron chi connectivity index (χ4n) is 5.45. The predicted octanol–water partition coefficient (Wildman–Crippen LogP) is 2.51. The number of thiazole rings is 1. The quantitative estimate of drug-likeness (QED) is 0.0712. The molecule has 3 heterocycles. The molecule has 0 atom stereocenters. The monoisotopic (exact) mass is 851 g/mol. The first-order valence-electron chi connectivity index (χ1n) is 19.5. The molecule has 0 bridgehead atoms. The molecular formula is C38H58ClN9O9S. The highest BCUT2D eigenvalue weighted by atomic mass is 35.5. The maximum Gasteiger partial charge on any atom is 0.267 e. The van der Waals surface area contributed by atoms with E-state index in [1.54, 1.807) is 6.07 Å². The second kappa shape index (κ2) is 28.0. The number of nitrogens with one attached hydrogen (secondary N) is 3. The van der Waals surface area contributed by atoms with Crippen molar-refractivity contribution in [3.05, 3.63) is 51.7 Å². The van der Waals surface area contributed by atoms with Crippen LogP contribution in [-0.2, 0) is 38.0 Å². The molecule has 1 saturated heterocycles. The van der Waals surface area contributed by atoms with E-state index >= 15 is 0 Å². The zero-order valence-corrected chi connectivity index (χ0v) is 35.1. The van der Waals surface area contributed by atoms with E-state index in [9.17, 15) is 9.59 Å². The van der Waals surface area contributed by atoms with Crippen molar-refractivity contribution in [2.75, 3.05) is 154 Å². The van der Waals surface area contributed by atoms with Gasteiger partial charge in [-0.05, 0) is 25.5 Å². The van der Waals surface area contributed by atoms with Gasteiger partial charge in [-0.2, -0.15) is 0 Å². The van der Waals surface area contributed by atoms with Crippen LogP contribution in [0.2, 0.25) is 5.02 Å². The first-order valence-corrected chi connectivity index (χ1v) is 20.6. The number of nitrogens with zero attached hydrogens (tertiary/aromatic N) is 5. The van der Waals surface area contributed by atoms with Crippen LogP contribution in [0.3, 0.4) is 0 Å². The minimum atomic E-state index is -0.293. The van der Waals surface area contributed by atoms with Gasteiger partial charge in [-0.15, -0.1) is 0 Å². The van der Waals surface area contributed by atoms with Gasteiger partial charge in [0.2, 0.25) is 5.91 Å². The topological polar surface area (TPSA) is 206 Å². The molecule has 18 nitrogen and oxygen atoms in total. The SMILES string of the molecule is Cc1nc(Nc2ncc(C(=O)Nc3c(C)cccc3Cl)s2)cc(N2CCN(CC(=O)NCCOCCOCCOCCOCCOCCOCCOCCN)CC2)n1. The molecular weight excluding hydrogens is 794 g/mol. The fourth-order valence-corrected chi connectivity index (χ4v) is 6.44. The van der Waals surface area contributed by atoms with Crippen molar-refractivity contribution in [1.82, 2.24) is 25.2 Å². The molecule has 4 rings (SSSR count). The molecule has 58 heavy (non-hydrogen) atoms. The summed E-state index contributed by atoms with van der Waals surface area (Å²) in [6.07, 6.45) is 1.52. The highest BCUT2D eigenvalue weighted by molar-refractivity contribution is 7.17. The average Bonchev–Trinajstić information content (AvgIpc) is 3.68. The zero-order valence-electron chi connectivity index (χ0n) is 33.5. The van der Waals surface area contributed by atoms with Crippen molar-refractivity contribution < 1.29 is 42.7 Å². The largest absolute Gasteiger partial charge is 0.378 e. The Morgan fingerprint density at radius 1 is 0.793 bits per heavy atom. The van der Waals surface area contributed by atoms with E-state index in [0.717, 1.165) is 11.4 Å². The highest BCUT2D eigenvalue weighted by Gasteiger charge is 2.21. The van der Waals surface area contributed by atoms with E-state index in [0.29, 0.717) is 171 Å². The van der Waals surface area contributed by atoms with Crippen LogP contribution in [0.1, 0.15) is 21.1 Å². The number of rotatable bonds is 30. The standard InChI is InChI=1S/C38H58ClN9O9S/c1-29-4-3-5-31(39)36(29)46-37(50)32-27-42-38(58-32)45-33-26-34(44-30(2)43-33)48-10-8-47(9-11-48)28-35(49)41-7-13-52-15-17-54-19-21-56-23-25-57-24-22-55-20-18-53-16-14-51-12-6-40/h3-5,26-27H,6-25,28,40H2,1-2H3,(H,41,49)(H,46,50)(H,42,43,44,45). The molecule has 2 aromatic heterocycles. The summed E-state index contributed by atoms with van der Waals surface area (Å²) in [5.74, 6) is 1.61. The van der Waals surface area contributed by atoms with Gasteiger partial charge in [0.15, 0.2) is 5.13 Å². The molecule has 0 unspecified atom stereocenters. The minimum absolute atomic E-state index is 0.0457. The number of halogens is 1. The fraction of sp³-hybridized carbons (Fsp3) is 0.605. The Morgan fingerprint density at radius 3 is 1.93 bits per heavy atom. The molecule has 20 heteroatoms. The average molecular weight is 852 g/mol. The van der Waals surface area contributed by atoms with Crippen molar-refractivity contribution in [3.8, 4) is 0 Å². The molecule has 1 aromatic carbocycles. The Morgan fingerprint density at radius 2 is 1.36 bits per heavy atom. The number of piperazine rings is 1. The third-order valence-corrected chi connectivity index (χ3v) is 9.60. The molecule has 1 fully saturated rings. The number of carbonyl (C=O) groups excluding carboxylic acids is 2. The van der Waals surface area contributed by atoms with Gasteiger partial charge in [-0.1, -0.05) is 35.1 Å². The highest BCUT2D eigenvalue weighted by Crippen LogP contribution is 2.28. The summed E-state index contributed by atoms with van der Waals surface area (Å²) in [5, 5.41) is 10.0. The minimum Gasteiger partial charge on any atom is -0.378 e. The Kier molecular flexibility index (Phi) is 22.7. The van der Waals surface area contributed by atoms with Gasteiger partial charge in [0.1, 0.15) is 22.3 Å². The van der Waals surface area contributed by atoms with Crippen molar-refractivity contribution in [2.24, 2.45) is 5.73 Å². The number of amides is 2. The van der Waals surface area contributed by atoms with Gasteiger partial charge < -0.3 is 59.7 Å². The van der Waals surface area contributed by atoms with E-state index in [-0.39, 0.29) is 11.8 Å². The predicted molar refractivity (Wildman–Crippen MR) is 223 cm³/mol. The summed E-state index contributed by atoms with van der Waals surface area (Å²) < 4.78 is 38.1. The van der Waals surface area contributed by atoms with Crippen molar-refractivity contribution in [1.29, 1.82) is 0 Å². The Labute approximate surface area is 349 Å². The van der Waals surface area contributed by atoms with Crippen molar-refractivity contribution >= 4 is 57.2 Å². The van der Waals surface area contributed by atoms with Crippen LogP contribution in [-0.4, -0.2) is 170 Å². The van der Waals surface area contributed by atoms with Crippen LogP contribution < -0.4 is 26.6 Å². The summed E-state index contributed by atoms with van der Waals surface area (Å²) in [4.78, 5) is 43.7. The van der Waals surface area contributed by atoms with E-state index in [2.05, 4.69) is 40.7 Å². The van der Waals surface area contributed by atoms with E-state index < -0.39 is 0 Å². The normalized spacial score (nSPS) is 13.2. The van der Waals surface area contributed by atoms with E-state index in [1.807, 2.05) is 32.0 Å². The first-order chi connectivity index (χ1) is 28.3. The molecule has 1 aliphatic heterocycles. The van der Waals surface area contributed by atoms with Crippen LogP contribution in [0.4, 0.5) is 22.5 Å². The molecule has 322 valence electrons. The van der Waals surface area contributed by atoms with Crippen LogP contribution in [0.15, 0.2) is 30.5 Å². The third-order valence-electron chi connectivity index (χ3n) is 8.38. The van der Waals surface area contributed by atoms with Gasteiger partial charge >= 0.3 is 0 Å². The van der Waals surface area contributed by atoms with Crippen LogP contribution in [0.5, 0.6) is 0 Å². The summed E-state index contributed by atoms with van der Waals surface area (Å²) in [5.41, 5.74) is 6.79. The second-order valence-electron chi connectivity index (χ2n) is 12.9. The number of ether oxygens (including phenoxy) is 7. The van der Waals surface area contributed by atoms with Crippen LogP contribution >= 0.6 is 22.9 Å². The number of aromatic nitrogens is 3. The lowest BCUT2D eigenvalue weighted by atomic mass is 10.2. The Bertz CT molecular complexity index is 1620.